The molecule has 0 N–H and O–H groups in total. The monoisotopic (exact) mass is 238 g/mol. The smallest absolute Gasteiger partial charge is 0.134 e. The summed E-state index contributed by atoms with van der Waals surface area (Å²) in [4.78, 5) is 0. The molecule has 2 rings (SSSR count). The van der Waals surface area contributed by atoms with Gasteiger partial charge in [0.05, 0.1) is 6.26 Å². The second kappa shape index (κ2) is 3.18. The minimum Gasteiger partial charge on any atom is -0.464 e. The van der Waals surface area contributed by atoms with Crippen LogP contribution in [0, 0.1) is 0 Å². The van der Waals surface area contributed by atoms with Gasteiger partial charge in [0, 0.05) is 9.86 Å². The molecule has 0 aliphatic heterocycles. The fourth-order valence-corrected chi connectivity index (χ4v) is 2.43. The topological polar surface area (TPSA) is 13.1 Å². The van der Waals surface area contributed by atoms with Gasteiger partial charge in [-0.3, -0.25) is 0 Å². The highest BCUT2D eigenvalue weighted by Crippen LogP contribution is 2.32. The van der Waals surface area contributed by atoms with Crippen molar-refractivity contribution < 1.29 is 4.42 Å². The van der Waals surface area contributed by atoms with E-state index in [0.717, 1.165) is 10.1 Å². The molecule has 0 fully saturated rings. The quantitative estimate of drug-likeness (QED) is 0.722. The van der Waals surface area contributed by atoms with E-state index in [9.17, 15) is 0 Å². The summed E-state index contributed by atoms with van der Waals surface area (Å²) in [6.45, 7) is 4.37. The van der Waals surface area contributed by atoms with Gasteiger partial charge in [0.15, 0.2) is 0 Å². The fourth-order valence-electron chi connectivity index (χ4n) is 1.63. The van der Waals surface area contributed by atoms with Crippen LogP contribution in [-0.4, -0.2) is 0 Å². The predicted octanol–water partition coefficient (Wildman–Crippen LogP) is 4.32. The van der Waals surface area contributed by atoms with Crippen LogP contribution in [0.2, 0.25) is 0 Å². The lowest BCUT2D eigenvalue weighted by molar-refractivity contribution is 0.615. The molecule has 1 aromatic carbocycles. The first-order valence-corrected chi connectivity index (χ1v) is 5.15. The maximum Gasteiger partial charge on any atom is 0.134 e. The summed E-state index contributed by atoms with van der Waals surface area (Å²) in [5.41, 5.74) is 2.29. The van der Waals surface area contributed by atoms with Crippen molar-refractivity contribution in [2.45, 2.75) is 19.8 Å². The maximum atomic E-state index is 5.34. The van der Waals surface area contributed by atoms with Gasteiger partial charge in [-0.05, 0) is 29.7 Å². The molecular weight excluding hydrogens is 228 g/mol. The third kappa shape index (κ3) is 1.39. The van der Waals surface area contributed by atoms with Crippen molar-refractivity contribution in [2.75, 3.05) is 0 Å². The van der Waals surface area contributed by atoms with E-state index < -0.39 is 0 Å². The number of furan rings is 1. The van der Waals surface area contributed by atoms with Gasteiger partial charge >= 0.3 is 0 Å². The predicted molar refractivity (Wildman–Crippen MR) is 58.0 cm³/mol. The van der Waals surface area contributed by atoms with Crippen LogP contribution < -0.4 is 0 Å². The highest BCUT2D eigenvalue weighted by Gasteiger charge is 2.10. The first-order chi connectivity index (χ1) is 6.20. The summed E-state index contributed by atoms with van der Waals surface area (Å²) in [5, 5.41) is 1.21. The zero-order valence-corrected chi connectivity index (χ0v) is 9.26. The first-order valence-electron chi connectivity index (χ1n) is 4.35. The number of hydrogen-bond donors (Lipinski definition) is 0. The molecule has 0 radical (unpaired) electrons. The number of halogens is 1. The van der Waals surface area contributed by atoms with E-state index in [2.05, 4.69) is 29.8 Å². The molecule has 1 nitrogen and oxygen atoms in total. The number of benzene rings is 1. The van der Waals surface area contributed by atoms with Crippen LogP contribution in [0.1, 0.15) is 25.3 Å². The van der Waals surface area contributed by atoms with Gasteiger partial charge < -0.3 is 4.42 Å². The lowest BCUT2D eigenvalue weighted by Gasteiger charge is -2.08. The van der Waals surface area contributed by atoms with Crippen molar-refractivity contribution >= 4 is 26.9 Å². The fraction of sp³-hybridized carbons (Fsp3) is 0.273. The van der Waals surface area contributed by atoms with Crippen LogP contribution in [-0.2, 0) is 0 Å². The van der Waals surface area contributed by atoms with E-state index in [-0.39, 0.29) is 0 Å². The molecule has 13 heavy (non-hydrogen) atoms. The van der Waals surface area contributed by atoms with Crippen molar-refractivity contribution in [2.24, 2.45) is 0 Å². The van der Waals surface area contributed by atoms with E-state index in [1.165, 1.54) is 10.9 Å². The number of rotatable bonds is 1. The van der Waals surface area contributed by atoms with Gasteiger partial charge in [-0.25, -0.2) is 0 Å². The molecule has 0 saturated heterocycles. The lowest BCUT2D eigenvalue weighted by atomic mass is 10.00. The largest absolute Gasteiger partial charge is 0.464 e. The Balaban J connectivity index is 2.80. The third-order valence-corrected chi connectivity index (χ3v) is 2.89. The Hall–Kier alpha value is -0.760. The standard InChI is InChI=1S/C11H11BrO/c1-7(2)11-8-5-6-13-10(8)4-3-9(11)12/h3-7H,1-2H3. The molecule has 2 heteroatoms. The van der Waals surface area contributed by atoms with E-state index in [1.54, 1.807) is 6.26 Å². The third-order valence-electron chi connectivity index (χ3n) is 2.20. The summed E-state index contributed by atoms with van der Waals surface area (Å²) in [6.07, 6.45) is 1.74. The van der Waals surface area contributed by atoms with E-state index in [1.807, 2.05) is 18.2 Å². The average molecular weight is 239 g/mol. The Labute approximate surface area is 85.9 Å². The average Bonchev–Trinajstić information content (AvgIpc) is 2.50. The molecule has 68 valence electrons. The van der Waals surface area contributed by atoms with E-state index in [0.29, 0.717) is 5.92 Å². The van der Waals surface area contributed by atoms with Gasteiger partial charge in [-0.15, -0.1) is 0 Å². The molecule has 0 saturated carbocycles. The second-order valence-corrected chi connectivity index (χ2v) is 4.30. The maximum absolute atomic E-state index is 5.34. The zero-order chi connectivity index (χ0) is 9.42. The van der Waals surface area contributed by atoms with Crippen molar-refractivity contribution in [3.8, 4) is 0 Å². The normalized spacial score (nSPS) is 11.4. The van der Waals surface area contributed by atoms with Crippen LogP contribution in [0.3, 0.4) is 0 Å². The van der Waals surface area contributed by atoms with Crippen molar-refractivity contribution in [3.63, 3.8) is 0 Å². The molecule has 0 atom stereocenters. The van der Waals surface area contributed by atoms with Crippen LogP contribution >= 0.6 is 15.9 Å². The second-order valence-electron chi connectivity index (χ2n) is 3.45. The molecule has 0 aliphatic rings. The molecule has 0 bridgehead atoms. The Morgan fingerprint density at radius 1 is 1.23 bits per heavy atom. The molecule has 0 unspecified atom stereocenters. The van der Waals surface area contributed by atoms with E-state index in [4.69, 9.17) is 4.42 Å². The van der Waals surface area contributed by atoms with Crippen LogP contribution in [0.15, 0.2) is 33.4 Å². The lowest BCUT2D eigenvalue weighted by Crippen LogP contribution is -1.89. The SMILES string of the molecule is CC(C)c1c(Br)ccc2occc12. The highest BCUT2D eigenvalue weighted by atomic mass is 79.9. The Morgan fingerprint density at radius 3 is 2.69 bits per heavy atom. The molecule has 0 amide bonds. The van der Waals surface area contributed by atoms with Gasteiger partial charge in [0.1, 0.15) is 5.58 Å². The Bertz CT molecular complexity index is 429. The van der Waals surface area contributed by atoms with Gasteiger partial charge in [-0.2, -0.15) is 0 Å². The van der Waals surface area contributed by atoms with Gasteiger partial charge in [0.2, 0.25) is 0 Å². The summed E-state index contributed by atoms with van der Waals surface area (Å²) < 4.78 is 6.51. The minimum absolute atomic E-state index is 0.510. The Morgan fingerprint density at radius 2 is 2.00 bits per heavy atom. The summed E-state index contributed by atoms with van der Waals surface area (Å²) in [6, 6.07) is 6.06. The first kappa shape index (κ1) is 8.82. The zero-order valence-electron chi connectivity index (χ0n) is 7.67. The van der Waals surface area contributed by atoms with Crippen LogP contribution in [0.5, 0.6) is 0 Å². The number of hydrogen-bond acceptors (Lipinski definition) is 1. The van der Waals surface area contributed by atoms with Crippen molar-refractivity contribution in [1.29, 1.82) is 0 Å². The highest BCUT2D eigenvalue weighted by molar-refractivity contribution is 9.10. The summed E-state index contributed by atoms with van der Waals surface area (Å²) in [7, 11) is 0. The number of fused-ring (bicyclic) bond motifs is 1. The molecule has 0 aliphatic carbocycles. The molecule has 1 aromatic heterocycles. The summed E-state index contributed by atoms with van der Waals surface area (Å²) >= 11 is 3.56. The summed E-state index contributed by atoms with van der Waals surface area (Å²) in [5.74, 6) is 0.510. The van der Waals surface area contributed by atoms with Crippen molar-refractivity contribution in [1.82, 2.24) is 0 Å². The van der Waals surface area contributed by atoms with E-state index >= 15 is 0 Å². The van der Waals surface area contributed by atoms with Crippen LogP contribution in [0.4, 0.5) is 0 Å². The molecule has 1 heterocycles. The molecule has 2 aromatic rings. The molecule has 0 spiro atoms. The van der Waals surface area contributed by atoms with Crippen LogP contribution in [0.25, 0.3) is 11.0 Å². The van der Waals surface area contributed by atoms with Gasteiger partial charge in [-0.1, -0.05) is 29.8 Å². The minimum atomic E-state index is 0.510. The Kier molecular flexibility index (Phi) is 2.16. The molecular formula is C11H11BrO. The van der Waals surface area contributed by atoms with Gasteiger partial charge in [0.25, 0.3) is 0 Å². The van der Waals surface area contributed by atoms with Crippen molar-refractivity contribution in [3.05, 3.63) is 34.5 Å².